The molecule has 0 saturated heterocycles. The normalized spacial score (nSPS) is 10.6. The molecular weight excluding hydrogens is 286 g/mol. The summed E-state index contributed by atoms with van der Waals surface area (Å²) < 4.78 is 5.31. The van der Waals surface area contributed by atoms with Crippen LogP contribution in [0.5, 0.6) is 5.75 Å². The lowest BCUT2D eigenvalue weighted by molar-refractivity contribution is -0.119. The Bertz CT molecular complexity index is 506. The number of unbranched alkanes of at least 4 members (excludes halogenated alkanes) is 1. The van der Waals surface area contributed by atoms with E-state index in [1.54, 1.807) is 7.11 Å². The van der Waals surface area contributed by atoms with Gasteiger partial charge in [0.2, 0.25) is 5.91 Å². The van der Waals surface area contributed by atoms with Crippen LogP contribution in [0.15, 0.2) is 18.2 Å². The molecule has 0 bridgehead atoms. The van der Waals surface area contributed by atoms with Gasteiger partial charge < -0.3 is 16.2 Å². The largest absolute Gasteiger partial charge is 0.496 e. The standard InChI is InChI=1S/C15H23N3O2S/c1-3-4-7-18(10-14(16)19)9-11-5-6-12(15(17)21)13(8-11)20-2/h5-6,8H,3-4,7,9-10H2,1-2H3,(H2,16,19)(H2,17,21). The van der Waals surface area contributed by atoms with Crippen molar-refractivity contribution >= 4 is 23.1 Å². The van der Waals surface area contributed by atoms with Gasteiger partial charge in [-0.1, -0.05) is 31.6 Å². The molecule has 0 heterocycles. The number of hydrogen-bond acceptors (Lipinski definition) is 4. The van der Waals surface area contributed by atoms with E-state index in [-0.39, 0.29) is 12.5 Å². The lowest BCUT2D eigenvalue weighted by Crippen LogP contribution is -2.34. The minimum absolute atomic E-state index is 0.249. The number of ether oxygens (including phenoxy) is 1. The summed E-state index contributed by atoms with van der Waals surface area (Å²) in [6.07, 6.45) is 2.09. The number of hydrogen-bond donors (Lipinski definition) is 2. The molecule has 1 rings (SSSR count). The molecule has 21 heavy (non-hydrogen) atoms. The second-order valence-electron chi connectivity index (χ2n) is 4.93. The number of thiocarbonyl (C=S) groups is 1. The Balaban J connectivity index is 2.87. The molecule has 4 N–H and O–H groups in total. The number of rotatable bonds is 9. The maximum absolute atomic E-state index is 11.2. The van der Waals surface area contributed by atoms with Gasteiger partial charge in [-0.2, -0.15) is 0 Å². The number of primary amides is 1. The molecule has 0 aromatic heterocycles. The van der Waals surface area contributed by atoms with Crippen molar-refractivity contribution in [1.82, 2.24) is 4.90 Å². The van der Waals surface area contributed by atoms with Gasteiger partial charge in [0.1, 0.15) is 10.7 Å². The fraction of sp³-hybridized carbons (Fsp3) is 0.467. The first-order valence-corrected chi connectivity index (χ1v) is 7.36. The average molecular weight is 309 g/mol. The van der Waals surface area contributed by atoms with Crippen LogP contribution in [0.4, 0.5) is 0 Å². The van der Waals surface area contributed by atoms with Crippen LogP contribution in [0.1, 0.15) is 30.9 Å². The summed E-state index contributed by atoms with van der Waals surface area (Å²) >= 11 is 4.99. The van der Waals surface area contributed by atoms with Crippen molar-refractivity contribution in [2.75, 3.05) is 20.2 Å². The Hall–Kier alpha value is -1.66. The fourth-order valence-corrected chi connectivity index (χ4v) is 2.28. The summed E-state index contributed by atoms with van der Waals surface area (Å²) in [6.45, 7) is 3.83. The van der Waals surface area contributed by atoms with Crippen LogP contribution in [-0.4, -0.2) is 36.0 Å². The molecule has 1 aromatic rings. The highest BCUT2D eigenvalue weighted by molar-refractivity contribution is 7.80. The summed E-state index contributed by atoms with van der Waals surface area (Å²) in [5.74, 6) is 0.326. The molecule has 1 aromatic carbocycles. The topological polar surface area (TPSA) is 81.6 Å². The molecule has 0 radical (unpaired) electrons. The Kier molecular flexibility index (Phi) is 7.11. The molecule has 116 valence electrons. The van der Waals surface area contributed by atoms with E-state index in [9.17, 15) is 4.79 Å². The summed E-state index contributed by atoms with van der Waals surface area (Å²) in [4.78, 5) is 13.5. The van der Waals surface area contributed by atoms with Gasteiger partial charge in [-0.3, -0.25) is 9.69 Å². The lowest BCUT2D eigenvalue weighted by atomic mass is 10.1. The summed E-state index contributed by atoms with van der Waals surface area (Å²) in [7, 11) is 1.58. The number of nitrogens with two attached hydrogens (primary N) is 2. The van der Waals surface area contributed by atoms with Gasteiger partial charge in [0.05, 0.1) is 19.2 Å². The van der Waals surface area contributed by atoms with Gasteiger partial charge in [0.15, 0.2) is 0 Å². The zero-order chi connectivity index (χ0) is 15.8. The summed E-state index contributed by atoms with van der Waals surface area (Å²) in [6, 6.07) is 5.68. The molecule has 0 fully saturated rings. The van der Waals surface area contributed by atoms with E-state index in [0.29, 0.717) is 22.8 Å². The number of nitrogens with zero attached hydrogens (tertiary/aromatic N) is 1. The highest BCUT2D eigenvalue weighted by atomic mass is 32.1. The van der Waals surface area contributed by atoms with Crippen molar-refractivity contribution in [1.29, 1.82) is 0 Å². The lowest BCUT2D eigenvalue weighted by Gasteiger charge is -2.21. The molecule has 0 unspecified atom stereocenters. The van der Waals surface area contributed by atoms with Crippen molar-refractivity contribution in [3.63, 3.8) is 0 Å². The maximum atomic E-state index is 11.2. The predicted molar refractivity (Wildman–Crippen MR) is 88.3 cm³/mol. The van der Waals surface area contributed by atoms with Gasteiger partial charge in [-0.05, 0) is 30.7 Å². The highest BCUT2D eigenvalue weighted by Crippen LogP contribution is 2.21. The molecule has 0 aliphatic heterocycles. The van der Waals surface area contributed by atoms with E-state index in [1.165, 1.54) is 0 Å². The van der Waals surface area contributed by atoms with E-state index in [0.717, 1.165) is 24.9 Å². The first-order valence-electron chi connectivity index (χ1n) is 6.95. The molecule has 0 spiro atoms. The Morgan fingerprint density at radius 2 is 2.10 bits per heavy atom. The van der Waals surface area contributed by atoms with Crippen LogP contribution >= 0.6 is 12.2 Å². The third-order valence-corrected chi connectivity index (χ3v) is 3.36. The van der Waals surface area contributed by atoms with Crippen molar-refractivity contribution in [2.45, 2.75) is 26.3 Å². The van der Waals surface area contributed by atoms with Crippen LogP contribution < -0.4 is 16.2 Å². The fourth-order valence-electron chi connectivity index (χ4n) is 2.11. The van der Waals surface area contributed by atoms with Gasteiger partial charge >= 0.3 is 0 Å². The maximum Gasteiger partial charge on any atom is 0.231 e. The first-order chi connectivity index (χ1) is 9.97. The van der Waals surface area contributed by atoms with Crippen LogP contribution in [0.3, 0.4) is 0 Å². The molecule has 0 atom stereocenters. The Morgan fingerprint density at radius 3 is 2.62 bits per heavy atom. The Labute approximate surface area is 131 Å². The molecule has 5 nitrogen and oxygen atoms in total. The monoisotopic (exact) mass is 309 g/mol. The van der Waals surface area contributed by atoms with Gasteiger partial charge in [0.25, 0.3) is 0 Å². The van der Waals surface area contributed by atoms with Crippen LogP contribution in [0.2, 0.25) is 0 Å². The third-order valence-electron chi connectivity index (χ3n) is 3.14. The second kappa shape index (κ2) is 8.59. The van der Waals surface area contributed by atoms with Crippen LogP contribution in [-0.2, 0) is 11.3 Å². The highest BCUT2D eigenvalue weighted by Gasteiger charge is 2.11. The number of methoxy groups -OCH3 is 1. The van der Waals surface area contributed by atoms with Crippen molar-refractivity contribution in [2.24, 2.45) is 11.5 Å². The van der Waals surface area contributed by atoms with Crippen LogP contribution in [0, 0.1) is 0 Å². The molecule has 0 aliphatic rings. The first kappa shape index (κ1) is 17.4. The zero-order valence-electron chi connectivity index (χ0n) is 12.6. The van der Waals surface area contributed by atoms with E-state index in [4.69, 9.17) is 28.4 Å². The molecule has 0 aliphatic carbocycles. The molecule has 0 saturated carbocycles. The molecule has 6 heteroatoms. The summed E-state index contributed by atoms with van der Waals surface area (Å²) in [5.41, 5.74) is 12.7. The average Bonchev–Trinajstić information content (AvgIpc) is 2.43. The molecular formula is C15H23N3O2S. The van der Waals surface area contributed by atoms with Gasteiger partial charge in [-0.25, -0.2) is 0 Å². The van der Waals surface area contributed by atoms with Gasteiger partial charge in [0, 0.05) is 6.54 Å². The quantitative estimate of drug-likeness (QED) is 0.674. The number of amides is 1. The minimum Gasteiger partial charge on any atom is -0.496 e. The number of carbonyl (C=O) groups is 1. The summed E-state index contributed by atoms with van der Waals surface area (Å²) in [5, 5.41) is 0. The molecule has 1 amide bonds. The smallest absolute Gasteiger partial charge is 0.231 e. The van der Waals surface area contributed by atoms with Gasteiger partial charge in [-0.15, -0.1) is 0 Å². The van der Waals surface area contributed by atoms with E-state index in [1.807, 2.05) is 23.1 Å². The van der Waals surface area contributed by atoms with Crippen LogP contribution in [0.25, 0.3) is 0 Å². The third kappa shape index (κ3) is 5.69. The van der Waals surface area contributed by atoms with E-state index >= 15 is 0 Å². The van der Waals surface area contributed by atoms with Crippen molar-refractivity contribution in [3.8, 4) is 5.75 Å². The predicted octanol–water partition coefficient (Wildman–Crippen LogP) is 1.42. The zero-order valence-corrected chi connectivity index (χ0v) is 13.4. The minimum atomic E-state index is -0.321. The SMILES string of the molecule is CCCCN(CC(N)=O)Cc1ccc(C(N)=S)c(OC)c1. The number of carbonyl (C=O) groups excluding carboxylic acids is 1. The van der Waals surface area contributed by atoms with Crippen molar-refractivity contribution < 1.29 is 9.53 Å². The van der Waals surface area contributed by atoms with Crippen molar-refractivity contribution in [3.05, 3.63) is 29.3 Å². The van der Waals surface area contributed by atoms with E-state index < -0.39 is 0 Å². The number of benzene rings is 1. The Morgan fingerprint density at radius 1 is 1.38 bits per heavy atom. The second-order valence-corrected chi connectivity index (χ2v) is 5.37. The van der Waals surface area contributed by atoms with E-state index in [2.05, 4.69) is 6.92 Å².